The lowest BCUT2D eigenvalue weighted by Crippen LogP contribution is -2.46. The molecule has 0 unspecified atom stereocenters. The molecule has 0 bridgehead atoms. The maximum atomic E-state index is 5.53. The molecule has 3 rings (SSSR count). The summed E-state index contributed by atoms with van der Waals surface area (Å²) in [7, 11) is 7.36. The van der Waals surface area contributed by atoms with Gasteiger partial charge in [-0.25, -0.2) is 0 Å². The molecule has 0 radical (unpaired) electrons. The molecular weight excluding hydrogens is 364 g/mol. The number of methoxy groups -OCH3 is 3. The Hall–Kier alpha value is -2.24. The first-order valence-electron chi connectivity index (χ1n) is 10.4. The second-order valence-corrected chi connectivity index (χ2v) is 7.76. The molecule has 1 atom stereocenters. The first-order chi connectivity index (χ1) is 14.1. The van der Waals surface area contributed by atoms with E-state index in [0.717, 1.165) is 49.8 Å². The lowest BCUT2D eigenvalue weighted by Gasteiger charge is -2.38. The summed E-state index contributed by atoms with van der Waals surface area (Å²) in [5.41, 5.74) is 2.54. The van der Waals surface area contributed by atoms with Gasteiger partial charge in [-0.3, -0.25) is 4.90 Å². The van der Waals surface area contributed by atoms with E-state index >= 15 is 0 Å². The van der Waals surface area contributed by atoms with E-state index < -0.39 is 0 Å². The molecule has 0 spiro atoms. The number of para-hydroxylation sites is 1. The normalized spacial score (nSPS) is 17.3. The molecule has 0 aliphatic carbocycles. The number of likely N-dealkylation sites (N-methyl/N-ethyl adjacent to an activating group) is 1. The van der Waals surface area contributed by atoms with Crippen molar-refractivity contribution >= 4 is 0 Å². The summed E-state index contributed by atoms with van der Waals surface area (Å²) in [5, 5.41) is 0. The maximum Gasteiger partial charge on any atom is 0.160 e. The van der Waals surface area contributed by atoms with Crippen molar-refractivity contribution in [2.24, 2.45) is 0 Å². The Morgan fingerprint density at radius 3 is 2.48 bits per heavy atom. The predicted molar refractivity (Wildman–Crippen MR) is 117 cm³/mol. The Balaban J connectivity index is 1.55. The summed E-state index contributed by atoms with van der Waals surface area (Å²) in [6.07, 6.45) is 3.49. The van der Waals surface area contributed by atoms with Crippen LogP contribution in [0.25, 0.3) is 0 Å². The fourth-order valence-electron chi connectivity index (χ4n) is 4.13. The van der Waals surface area contributed by atoms with Crippen LogP contribution in [0.4, 0.5) is 0 Å². The maximum absolute atomic E-state index is 5.53. The van der Waals surface area contributed by atoms with Crippen LogP contribution in [0.3, 0.4) is 0 Å². The van der Waals surface area contributed by atoms with Crippen molar-refractivity contribution in [2.75, 3.05) is 48.0 Å². The Morgan fingerprint density at radius 2 is 1.72 bits per heavy atom. The van der Waals surface area contributed by atoms with Crippen molar-refractivity contribution < 1.29 is 14.2 Å². The van der Waals surface area contributed by atoms with Gasteiger partial charge in [0, 0.05) is 31.2 Å². The molecule has 5 nitrogen and oxygen atoms in total. The minimum atomic E-state index is 0.582. The number of nitrogens with zero attached hydrogens (tertiary/aromatic N) is 2. The number of ether oxygens (including phenoxy) is 3. The van der Waals surface area contributed by atoms with Crippen molar-refractivity contribution in [3.63, 3.8) is 0 Å². The summed E-state index contributed by atoms with van der Waals surface area (Å²) in [4.78, 5) is 5.06. The molecule has 0 amide bonds. The highest BCUT2D eigenvalue weighted by atomic mass is 16.5. The van der Waals surface area contributed by atoms with Crippen LogP contribution in [-0.2, 0) is 13.0 Å². The fraction of sp³-hybridized carbons (Fsp3) is 0.500. The van der Waals surface area contributed by atoms with Crippen LogP contribution in [-0.4, -0.2) is 63.9 Å². The van der Waals surface area contributed by atoms with Crippen LogP contribution in [0.15, 0.2) is 42.5 Å². The highest BCUT2D eigenvalue weighted by Crippen LogP contribution is 2.28. The number of piperidine rings is 1. The van der Waals surface area contributed by atoms with E-state index in [1.165, 1.54) is 24.0 Å². The fourth-order valence-corrected chi connectivity index (χ4v) is 4.13. The second-order valence-electron chi connectivity index (χ2n) is 7.76. The zero-order valence-corrected chi connectivity index (χ0v) is 18.2. The third-order valence-electron chi connectivity index (χ3n) is 5.89. The molecule has 0 N–H and O–H groups in total. The van der Waals surface area contributed by atoms with Gasteiger partial charge in [0.2, 0.25) is 0 Å². The molecule has 5 heteroatoms. The molecule has 1 fully saturated rings. The highest BCUT2D eigenvalue weighted by Gasteiger charge is 2.23. The molecule has 29 heavy (non-hydrogen) atoms. The molecule has 1 heterocycles. The van der Waals surface area contributed by atoms with Gasteiger partial charge in [-0.05, 0) is 56.6 Å². The summed E-state index contributed by atoms with van der Waals surface area (Å²) in [6, 6.07) is 15.1. The van der Waals surface area contributed by atoms with Crippen LogP contribution in [0.2, 0.25) is 0 Å². The van der Waals surface area contributed by atoms with E-state index in [0.29, 0.717) is 6.04 Å². The van der Waals surface area contributed by atoms with Gasteiger partial charge < -0.3 is 19.1 Å². The number of benzene rings is 2. The van der Waals surface area contributed by atoms with Crippen molar-refractivity contribution in [2.45, 2.75) is 31.8 Å². The monoisotopic (exact) mass is 398 g/mol. The minimum Gasteiger partial charge on any atom is -0.496 e. The van der Waals surface area contributed by atoms with E-state index in [-0.39, 0.29) is 0 Å². The molecular formula is C24H34N2O3. The van der Waals surface area contributed by atoms with Crippen molar-refractivity contribution in [3.05, 3.63) is 53.6 Å². The topological polar surface area (TPSA) is 34.2 Å². The number of hydrogen-bond acceptors (Lipinski definition) is 5. The van der Waals surface area contributed by atoms with Crippen LogP contribution < -0.4 is 14.2 Å². The molecule has 1 aliphatic heterocycles. The Labute approximate surface area is 175 Å². The average Bonchev–Trinajstić information content (AvgIpc) is 2.77. The van der Waals surface area contributed by atoms with Gasteiger partial charge in [-0.15, -0.1) is 0 Å². The Bertz CT molecular complexity index is 780. The number of hydrogen-bond donors (Lipinski definition) is 0. The number of likely N-dealkylation sites (tertiary alicyclic amines) is 1. The van der Waals surface area contributed by atoms with E-state index in [2.05, 4.69) is 41.1 Å². The lowest BCUT2D eigenvalue weighted by atomic mass is 10.0. The summed E-state index contributed by atoms with van der Waals surface area (Å²) in [5.74, 6) is 2.56. The predicted octanol–water partition coefficient (Wildman–Crippen LogP) is 3.85. The van der Waals surface area contributed by atoms with Gasteiger partial charge >= 0.3 is 0 Å². The molecule has 2 aromatic rings. The number of rotatable bonds is 9. The van der Waals surface area contributed by atoms with Gasteiger partial charge in [-0.2, -0.15) is 0 Å². The average molecular weight is 399 g/mol. The van der Waals surface area contributed by atoms with Crippen molar-refractivity contribution in [3.8, 4) is 17.2 Å². The summed E-state index contributed by atoms with van der Waals surface area (Å²) >= 11 is 0. The van der Waals surface area contributed by atoms with Gasteiger partial charge in [0.25, 0.3) is 0 Å². The SMILES string of the molecule is COc1ccccc1CN1CCC[C@H](N(C)CCc2ccc(OC)c(OC)c2)C1. The smallest absolute Gasteiger partial charge is 0.160 e. The second kappa shape index (κ2) is 10.5. The van der Waals surface area contributed by atoms with Crippen LogP contribution in [0.1, 0.15) is 24.0 Å². The lowest BCUT2D eigenvalue weighted by molar-refractivity contribution is 0.111. The zero-order valence-electron chi connectivity index (χ0n) is 18.2. The first-order valence-corrected chi connectivity index (χ1v) is 10.4. The van der Waals surface area contributed by atoms with E-state index in [1.54, 1.807) is 21.3 Å². The van der Waals surface area contributed by atoms with Gasteiger partial charge in [0.05, 0.1) is 21.3 Å². The molecule has 2 aromatic carbocycles. The van der Waals surface area contributed by atoms with Crippen LogP contribution in [0, 0.1) is 0 Å². The van der Waals surface area contributed by atoms with Crippen molar-refractivity contribution in [1.29, 1.82) is 0 Å². The molecule has 1 saturated heterocycles. The molecule has 1 aliphatic rings. The Kier molecular flexibility index (Phi) is 7.78. The van der Waals surface area contributed by atoms with E-state index in [9.17, 15) is 0 Å². The first kappa shape index (κ1) is 21.5. The molecule has 0 saturated carbocycles. The van der Waals surface area contributed by atoms with E-state index in [1.807, 2.05) is 18.2 Å². The summed E-state index contributed by atoms with van der Waals surface area (Å²) in [6.45, 7) is 4.23. The minimum absolute atomic E-state index is 0.582. The third-order valence-corrected chi connectivity index (χ3v) is 5.89. The largest absolute Gasteiger partial charge is 0.496 e. The standard InChI is InChI=1S/C24H34N2O3/c1-25(15-13-19-11-12-23(28-3)24(16-19)29-4)21-9-7-14-26(18-21)17-20-8-5-6-10-22(20)27-2/h5-6,8,10-12,16,21H,7,9,13-15,17-18H2,1-4H3/t21-/m0/s1. The third kappa shape index (κ3) is 5.64. The van der Waals surface area contributed by atoms with Crippen molar-refractivity contribution in [1.82, 2.24) is 9.80 Å². The van der Waals surface area contributed by atoms with Crippen LogP contribution >= 0.6 is 0 Å². The summed E-state index contributed by atoms with van der Waals surface area (Å²) < 4.78 is 16.3. The quantitative estimate of drug-likeness (QED) is 0.641. The highest BCUT2D eigenvalue weighted by molar-refractivity contribution is 5.43. The van der Waals surface area contributed by atoms with Gasteiger partial charge in [0.1, 0.15) is 5.75 Å². The zero-order chi connectivity index (χ0) is 20.6. The van der Waals surface area contributed by atoms with E-state index in [4.69, 9.17) is 14.2 Å². The van der Waals surface area contributed by atoms with Gasteiger partial charge in [-0.1, -0.05) is 24.3 Å². The molecule has 158 valence electrons. The molecule has 0 aromatic heterocycles. The van der Waals surface area contributed by atoms with Gasteiger partial charge in [0.15, 0.2) is 11.5 Å². The Morgan fingerprint density at radius 1 is 0.966 bits per heavy atom. The van der Waals surface area contributed by atoms with Crippen LogP contribution in [0.5, 0.6) is 17.2 Å².